The van der Waals surface area contributed by atoms with E-state index in [1.54, 1.807) is 0 Å². The van der Waals surface area contributed by atoms with Crippen molar-refractivity contribution in [3.05, 3.63) is 11.7 Å². The zero-order valence-electron chi connectivity index (χ0n) is 10.7. The van der Waals surface area contributed by atoms with E-state index in [2.05, 4.69) is 40.7 Å². The minimum Gasteiger partial charge on any atom is -0.339 e. The van der Waals surface area contributed by atoms with E-state index in [1.165, 1.54) is 6.42 Å². The van der Waals surface area contributed by atoms with Crippen LogP contribution in [0.3, 0.4) is 0 Å². The molecular formula is C13H19N3O. The first-order valence-electron chi connectivity index (χ1n) is 6.19. The summed E-state index contributed by atoms with van der Waals surface area (Å²) in [6.07, 6.45) is 2.28. The van der Waals surface area contributed by atoms with E-state index >= 15 is 0 Å². The Morgan fingerprint density at radius 2 is 2.35 bits per heavy atom. The van der Waals surface area contributed by atoms with Crippen molar-refractivity contribution in [3.8, 4) is 11.8 Å². The van der Waals surface area contributed by atoms with E-state index in [-0.39, 0.29) is 6.04 Å². The second-order valence-corrected chi connectivity index (χ2v) is 4.70. The third kappa shape index (κ3) is 2.67. The fourth-order valence-corrected chi connectivity index (χ4v) is 2.11. The van der Waals surface area contributed by atoms with E-state index in [0.717, 1.165) is 31.2 Å². The van der Waals surface area contributed by atoms with Crippen molar-refractivity contribution in [1.29, 1.82) is 0 Å². The number of hydrogen-bond acceptors (Lipinski definition) is 4. The Balaban J connectivity index is 2.10. The summed E-state index contributed by atoms with van der Waals surface area (Å²) in [5.74, 6) is 7.89. The quantitative estimate of drug-likeness (QED) is 0.752. The summed E-state index contributed by atoms with van der Waals surface area (Å²) in [5.41, 5.74) is 0. The maximum absolute atomic E-state index is 5.27. The highest BCUT2D eigenvalue weighted by molar-refractivity contribution is 5.04. The molecule has 1 saturated heterocycles. The van der Waals surface area contributed by atoms with Crippen LogP contribution in [0.2, 0.25) is 0 Å². The molecular weight excluding hydrogens is 214 g/mol. The predicted molar refractivity (Wildman–Crippen MR) is 65.4 cm³/mol. The molecule has 0 spiro atoms. The first kappa shape index (κ1) is 12.1. The van der Waals surface area contributed by atoms with Crippen LogP contribution in [0.25, 0.3) is 0 Å². The molecule has 0 radical (unpaired) electrons. The van der Waals surface area contributed by atoms with Gasteiger partial charge in [0.05, 0.1) is 12.6 Å². The Bertz CT molecular complexity index is 427. The standard InChI is InChI=1S/C13H19N3O/c1-4-5-8-16-9-6-7-11(16)12-14-13(10(2)3)17-15-12/h10-11H,6-9H2,1-3H3/t11-/m1/s1. The van der Waals surface area contributed by atoms with E-state index < -0.39 is 0 Å². The fourth-order valence-electron chi connectivity index (χ4n) is 2.11. The van der Waals surface area contributed by atoms with Gasteiger partial charge in [-0.25, -0.2) is 0 Å². The van der Waals surface area contributed by atoms with Gasteiger partial charge in [-0.3, -0.25) is 4.90 Å². The van der Waals surface area contributed by atoms with E-state index in [0.29, 0.717) is 5.92 Å². The minimum atomic E-state index is 0.284. The SMILES string of the molecule is CC#CCN1CCC[C@@H]1c1noc(C(C)C)n1. The van der Waals surface area contributed by atoms with Gasteiger partial charge in [0.1, 0.15) is 0 Å². The summed E-state index contributed by atoms with van der Waals surface area (Å²) in [7, 11) is 0. The van der Waals surface area contributed by atoms with E-state index in [9.17, 15) is 0 Å². The molecule has 0 bridgehead atoms. The van der Waals surface area contributed by atoms with E-state index in [4.69, 9.17) is 4.52 Å². The summed E-state index contributed by atoms with van der Waals surface area (Å²) < 4.78 is 5.27. The summed E-state index contributed by atoms with van der Waals surface area (Å²) >= 11 is 0. The highest BCUT2D eigenvalue weighted by atomic mass is 16.5. The lowest BCUT2D eigenvalue weighted by molar-refractivity contribution is 0.269. The van der Waals surface area contributed by atoms with Crippen LogP contribution in [-0.2, 0) is 0 Å². The summed E-state index contributed by atoms with van der Waals surface area (Å²) in [6, 6.07) is 0.284. The second kappa shape index (κ2) is 5.33. The third-order valence-corrected chi connectivity index (χ3v) is 3.07. The van der Waals surface area contributed by atoms with Gasteiger partial charge in [-0.1, -0.05) is 24.9 Å². The lowest BCUT2D eigenvalue weighted by atomic mass is 10.2. The Labute approximate surface area is 102 Å². The molecule has 2 rings (SSSR count). The molecule has 4 heteroatoms. The van der Waals surface area contributed by atoms with Crippen molar-refractivity contribution in [3.63, 3.8) is 0 Å². The van der Waals surface area contributed by atoms with Crippen LogP contribution < -0.4 is 0 Å². The topological polar surface area (TPSA) is 42.2 Å². The molecule has 1 atom stereocenters. The first-order chi connectivity index (χ1) is 8.22. The summed E-state index contributed by atoms with van der Waals surface area (Å²) in [6.45, 7) is 7.87. The number of likely N-dealkylation sites (tertiary alicyclic amines) is 1. The Hall–Kier alpha value is -1.34. The summed E-state index contributed by atoms with van der Waals surface area (Å²) in [4.78, 5) is 6.81. The first-order valence-corrected chi connectivity index (χ1v) is 6.19. The highest BCUT2D eigenvalue weighted by Crippen LogP contribution is 2.30. The molecule has 1 aliphatic rings. The van der Waals surface area contributed by atoms with Crippen molar-refractivity contribution in [2.45, 2.75) is 45.6 Å². The zero-order chi connectivity index (χ0) is 12.3. The maximum atomic E-state index is 5.27. The van der Waals surface area contributed by atoms with Gasteiger partial charge in [-0.05, 0) is 26.3 Å². The normalized spacial score (nSPS) is 20.6. The number of hydrogen-bond donors (Lipinski definition) is 0. The van der Waals surface area contributed by atoms with Gasteiger partial charge >= 0.3 is 0 Å². The molecule has 4 nitrogen and oxygen atoms in total. The third-order valence-electron chi connectivity index (χ3n) is 3.07. The molecule has 0 aromatic carbocycles. The molecule has 0 N–H and O–H groups in total. The number of rotatable bonds is 3. The molecule has 0 amide bonds. The molecule has 1 aromatic heterocycles. The largest absolute Gasteiger partial charge is 0.339 e. The van der Waals surface area contributed by atoms with Gasteiger partial charge in [0, 0.05) is 5.92 Å². The molecule has 1 fully saturated rings. The molecule has 0 unspecified atom stereocenters. The van der Waals surface area contributed by atoms with Crippen molar-refractivity contribution in [1.82, 2.24) is 15.0 Å². The van der Waals surface area contributed by atoms with Gasteiger partial charge in [0.25, 0.3) is 0 Å². The van der Waals surface area contributed by atoms with Crippen LogP contribution >= 0.6 is 0 Å². The average Bonchev–Trinajstić information content (AvgIpc) is 2.94. The molecule has 92 valence electrons. The lowest BCUT2D eigenvalue weighted by Crippen LogP contribution is -2.24. The second-order valence-electron chi connectivity index (χ2n) is 4.70. The molecule has 1 aliphatic heterocycles. The van der Waals surface area contributed by atoms with Crippen LogP contribution in [0.1, 0.15) is 57.3 Å². The lowest BCUT2D eigenvalue weighted by Gasteiger charge is -2.18. The average molecular weight is 233 g/mol. The minimum absolute atomic E-state index is 0.284. The Morgan fingerprint density at radius 3 is 3.00 bits per heavy atom. The Kier molecular flexibility index (Phi) is 3.80. The molecule has 17 heavy (non-hydrogen) atoms. The smallest absolute Gasteiger partial charge is 0.229 e. The van der Waals surface area contributed by atoms with Crippen LogP contribution in [0.15, 0.2) is 4.52 Å². The van der Waals surface area contributed by atoms with Gasteiger partial charge in [-0.15, -0.1) is 5.92 Å². The Morgan fingerprint density at radius 1 is 1.53 bits per heavy atom. The molecule has 0 saturated carbocycles. The van der Waals surface area contributed by atoms with Crippen LogP contribution in [0.4, 0.5) is 0 Å². The summed E-state index contributed by atoms with van der Waals surface area (Å²) in [5, 5.41) is 4.10. The fraction of sp³-hybridized carbons (Fsp3) is 0.692. The predicted octanol–water partition coefficient (Wildman–Crippen LogP) is 2.35. The molecule has 2 heterocycles. The number of aromatic nitrogens is 2. The van der Waals surface area contributed by atoms with Crippen molar-refractivity contribution < 1.29 is 4.52 Å². The van der Waals surface area contributed by atoms with Crippen LogP contribution in [0, 0.1) is 11.8 Å². The maximum Gasteiger partial charge on any atom is 0.229 e. The van der Waals surface area contributed by atoms with Gasteiger partial charge < -0.3 is 4.52 Å². The molecule has 1 aromatic rings. The highest BCUT2D eigenvalue weighted by Gasteiger charge is 2.29. The van der Waals surface area contributed by atoms with Gasteiger partial charge in [0.2, 0.25) is 5.89 Å². The van der Waals surface area contributed by atoms with Crippen LogP contribution in [0.5, 0.6) is 0 Å². The monoisotopic (exact) mass is 233 g/mol. The number of nitrogens with zero attached hydrogens (tertiary/aromatic N) is 3. The van der Waals surface area contributed by atoms with Crippen molar-refractivity contribution >= 4 is 0 Å². The van der Waals surface area contributed by atoms with Crippen LogP contribution in [-0.4, -0.2) is 28.1 Å². The van der Waals surface area contributed by atoms with Gasteiger partial charge in [-0.2, -0.15) is 4.98 Å². The zero-order valence-corrected chi connectivity index (χ0v) is 10.7. The molecule has 0 aliphatic carbocycles. The van der Waals surface area contributed by atoms with Crippen molar-refractivity contribution in [2.75, 3.05) is 13.1 Å². The van der Waals surface area contributed by atoms with Gasteiger partial charge in [0.15, 0.2) is 5.82 Å². The van der Waals surface area contributed by atoms with E-state index in [1.807, 2.05) is 6.92 Å². The van der Waals surface area contributed by atoms with Crippen molar-refractivity contribution in [2.24, 2.45) is 0 Å².